The second kappa shape index (κ2) is 10.3. The Morgan fingerprint density at radius 1 is 1.09 bits per heavy atom. The first kappa shape index (κ1) is 26.6. The molecular formula is C22H23Cl2FN2O5S2. The first-order valence-corrected chi connectivity index (χ1v) is 14.4. The molecule has 3 rings (SSSR count). The minimum absolute atomic E-state index is 0.0216. The SMILES string of the molecule is CS(=O)(=O)/C=C/CNC(=O)C1(F)CCN(S(=O)(=O)c2ccc(Cl)cc2-c2ccccc2Cl)CC1. The summed E-state index contributed by atoms with van der Waals surface area (Å²) in [6, 6.07) is 11.1. The predicted molar refractivity (Wildman–Crippen MR) is 131 cm³/mol. The van der Waals surface area contributed by atoms with Crippen LogP contribution in [-0.2, 0) is 24.7 Å². The zero-order valence-corrected chi connectivity index (χ0v) is 21.3. The number of carbonyl (C=O) groups excluding carboxylic acids is 1. The zero-order valence-electron chi connectivity index (χ0n) is 18.2. The molecule has 1 amide bonds. The van der Waals surface area contributed by atoms with Crippen LogP contribution in [-0.4, -0.2) is 58.6 Å². The molecular weight excluding hydrogens is 526 g/mol. The van der Waals surface area contributed by atoms with E-state index in [0.29, 0.717) is 21.2 Å². The number of sulfone groups is 1. The fourth-order valence-electron chi connectivity index (χ4n) is 3.60. The predicted octanol–water partition coefficient (Wildman–Crippen LogP) is 3.83. The van der Waals surface area contributed by atoms with Crippen LogP contribution in [0.1, 0.15) is 12.8 Å². The molecule has 7 nitrogen and oxygen atoms in total. The van der Waals surface area contributed by atoms with E-state index in [0.717, 1.165) is 16.0 Å². The molecule has 1 N–H and O–H groups in total. The fraction of sp³-hybridized carbons (Fsp3) is 0.318. The molecule has 1 heterocycles. The van der Waals surface area contributed by atoms with Gasteiger partial charge in [0.1, 0.15) is 0 Å². The Morgan fingerprint density at radius 2 is 1.74 bits per heavy atom. The summed E-state index contributed by atoms with van der Waals surface area (Å²) in [7, 11) is -7.40. The summed E-state index contributed by atoms with van der Waals surface area (Å²) in [5.74, 6) is -0.911. The highest BCUT2D eigenvalue weighted by atomic mass is 35.5. The first-order chi connectivity index (χ1) is 15.8. The maximum Gasteiger partial charge on any atom is 0.258 e. The van der Waals surface area contributed by atoms with Crippen molar-refractivity contribution in [2.45, 2.75) is 23.4 Å². The number of piperidine rings is 1. The number of hydrogen-bond donors (Lipinski definition) is 1. The highest BCUT2D eigenvalue weighted by Crippen LogP contribution is 2.37. The number of nitrogens with zero attached hydrogens (tertiary/aromatic N) is 1. The van der Waals surface area contributed by atoms with Crippen LogP contribution >= 0.6 is 23.2 Å². The third-order valence-corrected chi connectivity index (χ3v) is 8.58. The van der Waals surface area contributed by atoms with Gasteiger partial charge in [-0.3, -0.25) is 4.79 Å². The average molecular weight is 549 g/mol. The van der Waals surface area contributed by atoms with Gasteiger partial charge in [0.05, 0.1) is 4.90 Å². The quantitative estimate of drug-likeness (QED) is 0.566. The highest BCUT2D eigenvalue weighted by Gasteiger charge is 2.44. The number of alkyl halides is 1. The molecule has 0 spiro atoms. The number of carbonyl (C=O) groups is 1. The molecule has 34 heavy (non-hydrogen) atoms. The number of rotatable bonds is 7. The Balaban J connectivity index is 1.78. The summed E-state index contributed by atoms with van der Waals surface area (Å²) in [4.78, 5) is 12.3. The highest BCUT2D eigenvalue weighted by molar-refractivity contribution is 7.93. The van der Waals surface area contributed by atoms with Gasteiger partial charge in [-0.15, -0.1) is 0 Å². The van der Waals surface area contributed by atoms with Gasteiger partial charge in [-0.05, 0) is 24.3 Å². The second-order valence-electron chi connectivity index (χ2n) is 7.90. The van der Waals surface area contributed by atoms with Gasteiger partial charge in [0.25, 0.3) is 5.91 Å². The van der Waals surface area contributed by atoms with Crippen LogP contribution in [0.3, 0.4) is 0 Å². The molecule has 2 aromatic rings. The smallest absolute Gasteiger partial charge is 0.258 e. The van der Waals surface area contributed by atoms with Crippen LogP contribution in [0.4, 0.5) is 4.39 Å². The van der Waals surface area contributed by atoms with E-state index in [1.165, 1.54) is 24.3 Å². The first-order valence-electron chi connectivity index (χ1n) is 10.2. The van der Waals surface area contributed by atoms with Crippen molar-refractivity contribution in [1.82, 2.24) is 9.62 Å². The largest absolute Gasteiger partial charge is 0.350 e. The van der Waals surface area contributed by atoms with Gasteiger partial charge >= 0.3 is 0 Å². The topological polar surface area (TPSA) is 101 Å². The van der Waals surface area contributed by atoms with Gasteiger partial charge in [0.15, 0.2) is 15.5 Å². The number of benzene rings is 2. The van der Waals surface area contributed by atoms with Crippen LogP contribution in [0, 0.1) is 0 Å². The Hall–Kier alpha value is -1.98. The third kappa shape index (κ3) is 6.17. The van der Waals surface area contributed by atoms with Crippen LogP contribution in [0.2, 0.25) is 10.0 Å². The van der Waals surface area contributed by atoms with E-state index in [1.54, 1.807) is 24.3 Å². The number of nitrogens with one attached hydrogen (secondary N) is 1. The lowest BCUT2D eigenvalue weighted by molar-refractivity contribution is -0.135. The molecule has 184 valence electrons. The summed E-state index contributed by atoms with van der Waals surface area (Å²) in [5, 5.41) is 3.93. The minimum Gasteiger partial charge on any atom is -0.350 e. The number of hydrogen-bond acceptors (Lipinski definition) is 5. The average Bonchev–Trinajstić information content (AvgIpc) is 2.76. The normalized spacial score (nSPS) is 17.1. The van der Waals surface area contributed by atoms with Crippen molar-refractivity contribution in [2.24, 2.45) is 0 Å². The van der Waals surface area contributed by atoms with Crippen molar-refractivity contribution in [1.29, 1.82) is 0 Å². The number of amides is 1. The van der Waals surface area contributed by atoms with Crippen molar-refractivity contribution in [3.8, 4) is 11.1 Å². The van der Waals surface area contributed by atoms with E-state index in [2.05, 4.69) is 5.32 Å². The molecule has 0 bridgehead atoms. The van der Waals surface area contributed by atoms with Crippen molar-refractivity contribution in [3.05, 3.63) is 64.0 Å². The summed E-state index contributed by atoms with van der Waals surface area (Å²) in [5.41, 5.74) is -1.45. The van der Waals surface area contributed by atoms with E-state index in [-0.39, 0.29) is 37.4 Å². The lowest BCUT2D eigenvalue weighted by Gasteiger charge is -2.35. The molecule has 0 aliphatic carbocycles. The molecule has 0 saturated carbocycles. The van der Waals surface area contributed by atoms with E-state index in [4.69, 9.17) is 23.2 Å². The fourth-order valence-corrected chi connectivity index (χ4v) is 6.08. The van der Waals surface area contributed by atoms with Gasteiger partial charge < -0.3 is 5.32 Å². The molecule has 0 radical (unpaired) electrons. The number of halogens is 3. The maximum absolute atomic E-state index is 15.2. The summed E-state index contributed by atoms with van der Waals surface area (Å²) in [6.45, 7) is -0.586. The zero-order chi connectivity index (χ0) is 25.1. The third-order valence-electron chi connectivity index (χ3n) is 5.37. The molecule has 0 atom stereocenters. The summed E-state index contributed by atoms with van der Waals surface area (Å²) in [6.07, 6.45) is 1.51. The van der Waals surface area contributed by atoms with Gasteiger partial charge in [0.2, 0.25) is 10.0 Å². The van der Waals surface area contributed by atoms with E-state index in [9.17, 15) is 21.6 Å². The van der Waals surface area contributed by atoms with E-state index >= 15 is 4.39 Å². The molecule has 1 saturated heterocycles. The Labute approximate surface area is 208 Å². The van der Waals surface area contributed by atoms with Crippen molar-refractivity contribution >= 4 is 49.0 Å². The molecule has 0 unspecified atom stereocenters. The lowest BCUT2D eigenvalue weighted by atomic mass is 9.93. The molecule has 2 aromatic carbocycles. The molecule has 1 aliphatic rings. The molecule has 1 aliphatic heterocycles. The number of sulfonamides is 1. The van der Waals surface area contributed by atoms with Gasteiger partial charge in [0, 0.05) is 65.3 Å². The van der Waals surface area contributed by atoms with Gasteiger partial charge in [-0.1, -0.05) is 47.5 Å². The maximum atomic E-state index is 15.2. The Kier molecular flexibility index (Phi) is 8.09. The molecule has 1 fully saturated rings. The lowest BCUT2D eigenvalue weighted by Crippen LogP contribution is -2.52. The summed E-state index contributed by atoms with van der Waals surface area (Å²) < 4.78 is 65.4. The Bertz CT molecular complexity index is 1320. The van der Waals surface area contributed by atoms with Gasteiger partial charge in [-0.25, -0.2) is 21.2 Å². The monoisotopic (exact) mass is 548 g/mol. The Morgan fingerprint density at radius 3 is 2.35 bits per heavy atom. The molecule has 0 aromatic heterocycles. The van der Waals surface area contributed by atoms with Crippen LogP contribution in [0.15, 0.2) is 58.8 Å². The van der Waals surface area contributed by atoms with Crippen LogP contribution in [0.5, 0.6) is 0 Å². The minimum atomic E-state index is -4.05. The second-order valence-corrected chi connectivity index (χ2v) is 12.6. The van der Waals surface area contributed by atoms with Crippen LogP contribution in [0.25, 0.3) is 11.1 Å². The van der Waals surface area contributed by atoms with Gasteiger partial charge in [-0.2, -0.15) is 4.31 Å². The summed E-state index contributed by atoms with van der Waals surface area (Å²) >= 11 is 12.4. The van der Waals surface area contributed by atoms with E-state index < -0.39 is 31.4 Å². The van der Waals surface area contributed by atoms with Crippen LogP contribution < -0.4 is 5.32 Å². The standard InChI is InChI=1S/C22H23Cl2FN2O5S2/c1-33(29,30)14-4-11-26-21(28)22(25)9-12-27(13-10-22)34(31,32)20-8-7-16(23)15-18(20)17-5-2-3-6-19(17)24/h2-8,14-15H,9-13H2,1H3,(H,26,28)/b14-4+. The van der Waals surface area contributed by atoms with Crippen molar-refractivity contribution in [2.75, 3.05) is 25.9 Å². The van der Waals surface area contributed by atoms with Crippen molar-refractivity contribution in [3.63, 3.8) is 0 Å². The van der Waals surface area contributed by atoms with E-state index in [1.807, 2.05) is 0 Å². The molecule has 12 heteroatoms. The van der Waals surface area contributed by atoms with Crippen molar-refractivity contribution < 1.29 is 26.0 Å².